The van der Waals surface area contributed by atoms with E-state index in [-0.39, 0.29) is 4.90 Å². The topological polar surface area (TPSA) is 91.0 Å². The SMILES string of the molecule is Cc1n[nH]c(C)c1S(=O)(=O)Nc1ccc(N2CCCCCC2)nc1. The van der Waals surface area contributed by atoms with Crippen molar-refractivity contribution < 1.29 is 8.42 Å². The van der Waals surface area contributed by atoms with Gasteiger partial charge in [-0.2, -0.15) is 5.10 Å². The van der Waals surface area contributed by atoms with E-state index >= 15 is 0 Å². The van der Waals surface area contributed by atoms with Gasteiger partial charge in [-0.05, 0) is 38.8 Å². The van der Waals surface area contributed by atoms with Crippen molar-refractivity contribution in [1.29, 1.82) is 0 Å². The van der Waals surface area contributed by atoms with Crippen LogP contribution in [0.5, 0.6) is 0 Å². The normalized spacial score (nSPS) is 16.0. The average molecular weight is 349 g/mol. The molecule has 0 radical (unpaired) electrons. The minimum Gasteiger partial charge on any atom is -0.357 e. The minimum absolute atomic E-state index is 0.194. The van der Waals surface area contributed by atoms with Gasteiger partial charge in [0.25, 0.3) is 10.0 Å². The third-order valence-electron chi connectivity index (χ3n) is 4.26. The van der Waals surface area contributed by atoms with Gasteiger partial charge in [-0.25, -0.2) is 13.4 Å². The first-order chi connectivity index (χ1) is 11.5. The number of aromatic nitrogens is 3. The molecule has 0 spiro atoms. The zero-order valence-electron chi connectivity index (χ0n) is 14.0. The van der Waals surface area contributed by atoms with Crippen molar-refractivity contribution in [3.63, 3.8) is 0 Å². The van der Waals surface area contributed by atoms with Crippen molar-refractivity contribution in [2.75, 3.05) is 22.7 Å². The summed E-state index contributed by atoms with van der Waals surface area (Å²) in [6.07, 6.45) is 6.45. The Morgan fingerprint density at radius 1 is 1.12 bits per heavy atom. The van der Waals surface area contributed by atoms with Crippen LogP contribution in [-0.4, -0.2) is 36.7 Å². The number of hydrogen-bond acceptors (Lipinski definition) is 5. The van der Waals surface area contributed by atoms with Gasteiger partial charge in [-0.3, -0.25) is 9.82 Å². The number of anilines is 2. The third kappa shape index (κ3) is 3.53. The molecule has 0 atom stereocenters. The summed E-state index contributed by atoms with van der Waals surface area (Å²) in [7, 11) is -3.67. The summed E-state index contributed by atoms with van der Waals surface area (Å²) in [6, 6.07) is 3.63. The maximum absolute atomic E-state index is 12.5. The highest BCUT2D eigenvalue weighted by molar-refractivity contribution is 7.92. The number of nitrogens with zero attached hydrogens (tertiary/aromatic N) is 3. The first kappa shape index (κ1) is 16.8. The lowest BCUT2D eigenvalue weighted by Gasteiger charge is -2.21. The van der Waals surface area contributed by atoms with E-state index in [1.54, 1.807) is 26.1 Å². The highest BCUT2D eigenvalue weighted by Gasteiger charge is 2.22. The summed E-state index contributed by atoms with van der Waals surface area (Å²) in [4.78, 5) is 6.88. The lowest BCUT2D eigenvalue weighted by Crippen LogP contribution is -2.24. The first-order valence-electron chi connectivity index (χ1n) is 8.23. The van der Waals surface area contributed by atoms with Crippen LogP contribution >= 0.6 is 0 Å². The molecule has 1 aliphatic rings. The van der Waals surface area contributed by atoms with Crippen molar-refractivity contribution in [3.8, 4) is 0 Å². The number of aromatic amines is 1. The second-order valence-electron chi connectivity index (χ2n) is 6.17. The summed E-state index contributed by atoms with van der Waals surface area (Å²) >= 11 is 0. The maximum atomic E-state index is 12.5. The molecule has 1 saturated heterocycles. The summed E-state index contributed by atoms with van der Waals surface area (Å²) in [6.45, 7) is 5.37. The Kier molecular flexibility index (Phi) is 4.75. The number of pyridine rings is 1. The van der Waals surface area contributed by atoms with Crippen LogP contribution in [-0.2, 0) is 10.0 Å². The van der Waals surface area contributed by atoms with Crippen LogP contribution in [0.15, 0.2) is 23.2 Å². The van der Waals surface area contributed by atoms with E-state index in [0.717, 1.165) is 18.9 Å². The van der Waals surface area contributed by atoms with Crippen molar-refractivity contribution >= 4 is 21.5 Å². The second-order valence-corrected chi connectivity index (χ2v) is 7.79. The van der Waals surface area contributed by atoms with Crippen molar-refractivity contribution in [3.05, 3.63) is 29.7 Å². The van der Waals surface area contributed by atoms with Crippen LogP contribution in [0.25, 0.3) is 0 Å². The standard InChI is InChI=1S/C16H23N5O2S/c1-12-16(13(2)19-18-12)24(22,23)20-14-7-8-15(17-11-14)21-9-5-3-4-6-10-21/h7-8,11,20H,3-6,9-10H2,1-2H3,(H,18,19). The molecule has 2 aromatic heterocycles. The number of hydrogen-bond donors (Lipinski definition) is 2. The van der Waals surface area contributed by atoms with Gasteiger partial charge in [0, 0.05) is 13.1 Å². The van der Waals surface area contributed by atoms with Crippen molar-refractivity contribution in [2.45, 2.75) is 44.4 Å². The molecular weight excluding hydrogens is 326 g/mol. The molecule has 8 heteroatoms. The lowest BCUT2D eigenvalue weighted by atomic mass is 10.2. The highest BCUT2D eigenvalue weighted by atomic mass is 32.2. The number of aryl methyl sites for hydroxylation is 2. The lowest BCUT2D eigenvalue weighted by molar-refractivity contribution is 0.600. The van der Waals surface area contributed by atoms with E-state index in [1.165, 1.54) is 25.7 Å². The second kappa shape index (κ2) is 6.80. The predicted molar refractivity (Wildman–Crippen MR) is 93.8 cm³/mol. The van der Waals surface area contributed by atoms with E-state index in [9.17, 15) is 8.42 Å². The zero-order chi connectivity index (χ0) is 17.2. The van der Waals surface area contributed by atoms with E-state index in [2.05, 4.69) is 24.8 Å². The van der Waals surface area contributed by atoms with Crippen LogP contribution in [0.4, 0.5) is 11.5 Å². The molecule has 3 rings (SSSR count). The molecule has 130 valence electrons. The molecule has 0 aliphatic carbocycles. The fourth-order valence-corrected chi connectivity index (χ4v) is 4.49. The molecule has 0 bridgehead atoms. The molecular formula is C16H23N5O2S. The van der Waals surface area contributed by atoms with E-state index in [4.69, 9.17) is 0 Å². The largest absolute Gasteiger partial charge is 0.357 e. The van der Waals surface area contributed by atoms with Crippen molar-refractivity contribution in [1.82, 2.24) is 15.2 Å². The third-order valence-corrected chi connectivity index (χ3v) is 5.90. The van der Waals surface area contributed by atoms with E-state index in [0.29, 0.717) is 17.1 Å². The summed E-state index contributed by atoms with van der Waals surface area (Å²) < 4.78 is 27.6. The summed E-state index contributed by atoms with van der Waals surface area (Å²) in [5.74, 6) is 0.899. The van der Waals surface area contributed by atoms with Crippen LogP contribution in [0, 0.1) is 13.8 Å². The van der Waals surface area contributed by atoms with E-state index in [1.807, 2.05) is 6.07 Å². The number of sulfonamides is 1. The Balaban J connectivity index is 1.76. The molecule has 24 heavy (non-hydrogen) atoms. The van der Waals surface area contributed by atoms with Crippen LogP contribution < -0.4 is 9.62 Å². The molecule has 1 fully saturated rings. The number of nitrogens with one attached hydrogen (secondary N) is 2. The smallest absolute Gasteiger partial charge is 0.265 e. The van der Waals surface area contributed by atoms with Crippen LogP contribution in [0.1, 0.15) is 37.1 Å². The van der Waals surface area contributed by atoms with Gasteiger partial charge in [-0.15, -0.1) is 0 Å². The van der Waals surface area contributed by atoms with Gasteiger partial charge >= 0.3 is 0 Å². The first-order valence-corrected chi connectivity index (χ1v) is 9.71. The number of H-pyrrole nitrogens is 1. The van der Waals surface area contributed by atoms with Gasteiger partial charge in [-0.1, -0.05) is 12.8 Å². The average Bonchev–Trinajstić information content (AvgIpc) is 2.76. The molecule has 0 saturated carbocycles. The molecule has 0 amide bonds. The predicted octanol–water partition coefficient (Wildman–Crippen LogP) is 2.60. The Bertz CT molecular complexity index is 771. The molecule has 0 aromatic carbocycles. The van der Waals surface area contributed by atoms with Crippen LogP contribution in [0.3, 0.4) is 0 Å². The molecule has 1 aliphatic heterocycles. The Hall–Kier alpha value is -2.09. The Morgan fingerprint density at radius 2 is 1.83 bits per heavy atom. The summed E-state index contributed by atoms with van der Waals surface area (Å²) in [5, 5.41) is 6.64. The zero-order valence-corrected chi connectivity index (χ0v) is 14.9. The highest BCUT2D eigenvalue weighted by Crippen LogP contribution is 2.22. The quantitative estimate of drug-likeness (QED) is 0.885. The minimum atomic E-state index is -3.67. The molecule has 2 N–H and O–H groups in total. The fraction of sp³-hybridized carbons (Fsp3) is 0.500. The van der Waals surface area contributed by atoms with Gasteiger partial charge < -0.3 is 4.90 Å². The van der Waals surface area contributed by atoms with Gasteiger partial charge in [0.2, 0.25) is 0 Å². The Morgan fingerprint density at radius 3 is 2.38 bits per heavy atom. The van der Waals surface area contributed by atoms with Crippen molar-refractivity contribution in [2.24, 2.45) is 0 Å². The summed E-state index contributed by atoms with van der Waals surface area (Å²) in [5.41, 5.74) is 1.43. The monoisotopic (exact) mass is 349 g/mol. The van der Waals surface area contributed by atoms with Gasteiger partial charge in [0.1, 0.15) is 10.7 Å². The molecule has 7 nitrogen and oxygen atoms in total. The van der Waals surface area contributed by atoms with Gasteiger partial charge in [0.05, 0.1) is 23.3 Å². The molecule has 0 unspecified atom stereocenters. The maximum Gasteiger partial charge on any atom is 0.265 e. The molecule has 2 aromatic rings. The fourth-order valence-electron chi connectivity index (χ4n) is 3.08. The molecule has 3 heterocycles. The Labute approximate surface area is 142 Å². The van der Waals surface area contributed by atoms with Gasteiger partial charge in [0.15, 0.2) is 0 Å². The van der Waals surface area contributed by atoms with E-state index < -0.39 is 10.0 Å². The van der Waals surface area contributed by atoms with Crippen LogP contribution in [0.2, 0.25) is 0 Å². The number of rotatable bonds is 4.